The Kier molecular flexibility index (Phi) is 11.9. The molecular weight excluding hydrogens is 851 g/mol. The van der Waals surface area contributed by atoms with Crippen LogP contribution in [0.2, 0.25) is 0 Å². The molecule has 0 spiro atoms. The number of ether oxygens (including phenoxy) is 3. The predicted octanol–water partition coefficient (Wildman–Crippen LogP) is 9.26. The third-order valence-electron chi connectivity index (χ3n) is 14.5. The van der Waals surface area contributed by atoms with E-state index in [2.05, 4.69) is 59.1 Å². The zero-order valence-electron chi connectivity index (χ0n) is 38.8. The molecule has 66 heavy (non-hydrogen) atoms. The van der Waals surface area contributed by atoms with Gasteiger partial charge in [0, 0.05) is 54.2 Å². The van der Waals surface area contributed by atoms with Crippen LogP contribution in [0.4, 0.5) is 22.6 Å². The van der Waals surface area contributed by atoms with Gasteiger partial charge in [0.25, 0.3) is 0 Å². The van der Waals surface area contributed by atoms with Crippen molar-refractivity contribution in [1.82, 2.24) is 35.3 Å². The fourth-order valence-corrected chi connectivity index (χ4v) is 13.7. The van der Waals surface area contributed by atoms with Crippen LogP contribution in [0.25, 0.3) is 21.3 Å². The van der Waals surface area contributed by atoms with Crippen molar-refractivity contribution in [3.8, 4) is 16.9 Å². The lowest BCUT2D eigenvalue weighted by molar-refractivity contribution is -0.247. The van der Waals surface area contributed by atoms with Gasteiger partial charge in [0.15, 0.2) is 22.5 Å². The van der Waals surface area contributed by atoms with Crippen molar-refractivity contribution in [2.45, 2.75) is 104 Å². The van der Waals surface area contributed by atoms with Gasteiger partial charge >= 0.3 is 5.97 Å². The summed E-state index contributed by atoms with van der Waals surface area (Å²) >= 11 is 1.59. The van der Waals surface area contributed by atoms with Crippen molar-refractivity contribution in [3.05, 3.63) is 94.9 Å². The quantitative estimate of drug-likeness (QED) is 0.0587. The lowest BCUT2D eigenvalue weighted by atomic mass is 9.39. The Balaban J connectivity index is 0.945. The van der Waals surface area contributed by atoms with Crippen LogP contribution in [0, 0.1) is 30.1 Å². The summed E-state index contributed by atoms with van der Waals surface area (Å²) in [5.74, 6) is 2.22. The number of benzene rings is 2. The van der Waals surface area contributed by atoms with Crippen molar-refractivity contribution in [3.63, 3.8) is 0 Å². The smallest absolute Gasteiger partial charge is 0.358 e. The van der Waals surface area contributed by atoms with E-state index in [1.165, 1.54) is 6.42 Å². The van der Waals surface area contributed by atoms with Gasteiger partial charge in [-0.25, -0.2) is 14.8 Å². The largest absolute Gasteiger partial charge is 0.497 e. The van der Waals surface area contributed by atoms with Crippen molar-refractivity contribution in [1.29, 1.82) is 0 Å². The molecule has 4 fully saturated rings. The molecule has 4 aliphatic carbocycles. The number of hydrogen-bond donors (Lipinski definition) is 3. The zero-order valence-corrected chi connectivity index (χ0v) is 39.6. The average molecular weight is 912 g/mol. The number of nitrogens with one attached hydrogen (secondary N) is 2. The highest BCUT2D eigenvalue weighted by atomic mass is 32.1. The summed E-state index contributed by atoms with van der Waals surface area (Å²) in [5.41, 5.74) is 6.88. The summed E-state index contributed by atoms with van der Waals surface area (Å²) in [6.45, 7) is 13.1. The minimum atomic E-state index is -0.517. The summed E-state index contributed by atoms with van der Waals surface area (Å²) in [4.78, 5) is 26.4. The number of thiazole rings is 1. The minimum absolute atomic E-state index is 0.0312. The number of carbonyl (C=O) groups excluding carboxylic acids is 1. The van der Waals surface area contributed by atoms with Crippen LogP contribution in [0.1, 0.15) is 98.1 Å². The number of para-hydroxylation sites is 1. The molecule has 4 aromatic heterocycles. The number of methoxy groups -OCH3 is 1. The monoisotopic (exact) mass is 911 g/mol. The molecule has 4 bridgehead atoms. The van der Waals surface area contributed by atoms with E-state index < -0.39 is 5.97 Å². The molecule has 346 valence electrons. The molecule has 6 aromatic rings. The number of aromatic nitrogens is 6. The van der Waals surface area contributed by atoms with Crippen LogP contribution in [0.3, 0.4) is 0 Å². The van der Waals surface area contributed by atoms with Gasteiger partial charge in [-0.2, -0.15) is 5.10 Å². The predicted molar refractivity (Wildman–Crippen MR) is 257 cm³/mol. The lowest BCUT2D eigenvalue weighted by Gasteiger charge is -2.69. The van der Waals surface area contributed by atoms with Gasteiger partial charge in [-0.05, 0) is 136 Å². The van der Waals surface area contributed by atoms with Gasteiger partial charge in [-0.3, -0.25) is 4.68 Å². The Morgan fingerprint density at radius 2 is 1.71 bits per heavy atom. The standard InChI is InChI=1S/C51H61N9O5S/c1-33-37-10-8-21-59(45(37)58-57-44(33)56-47-54-40-11-6-7-12-41(40)66-47)42-18-17-38(43(55-42)46(62)64-25-35-13-15-36(63-5)16-14-35)39-24-53-60(34(39)2)32-50-27-48(3)26-49(4,28-50)30-51(29-48,31-50)65-23-20-52-19-9-22-61/h6-7,11-18,24,52,61H,8-10,19-23,25-32H2,1-5H3,(H,54,56,57). The number of nitrogens with zero attached hydrogens (tertiary/aromatic N) is 7. The number of hydrogen-bond acceptors (Lipinski definition) is 14. The van der Waals surface area contributed by atoms with Gasteiger partial charge in [0.2, 0.25) is 0 Å². The van der Waals surface area contributed by atoms with Crippen LogP contribution < -0.4 is 20.3 Å². The van der Waals surface area contributed by atoms with E-state index in [4.69, 9.17) is 34.4 Å². The number of esters is 1. The molecular formula is C51H61N9O5S. The second-order valence-corrected chi connectivity index (χ2v) is 21.2. The normalized spacial score (nSPS) is 24.2. The van der Waals surface area contributed by atoms with Crippen molar-refractivity contribution in [2.75, 3.05) is 50.2 Å². The maximum absolute atomic E-state index is 14.4. The molecule has 5 heterocycles. The number of pyridine rings is 1. The summed E-state index contributed by atoms with van der Waals surface area (Å²) in [7, 11) is 1.63. The van der Waals surface area contributed by atoms with Crippen molar-refractivity contribution in [2.24, 2.45) is 16.2 Å². The minimum Gasteiger partial charge on any atom is -0.497 e. The Bertz CT molecular complexity index is 2700. The highest BCUT2D eigenvalue weighted by molar-refractivity contribution is 7.22. The van der Waals surface area contributed by atoms with Crippen LogP contribution in [-0.4, -0.2) is 86.6 Å². The van der Waals surface area contributed by atoms with Crippen LogP contribution >= 0.6 is 11.3 Å². The molecule has 4 saturated carbocycles. The van der Waals surface area contributed by atoms with Crippen LogP contribution in [0.15, 0.2) is 66.9 Å². The maximum Gasteiger partial charge on any atom is 0.358 e. The number of aliphatic hydroxyl groups excluding tert-OH is 1. The van der Waals surface area contributed by atoms with E-state index in [-0.39, 0.29) is 40.8 Å². The third-order valence-corrected chi connectivity index (χ3v) is 15.5. The molecule has 2 atom stereocenters. The molecule has 0 radical (unpaired) electrons. The Hall–Kier alpha value is -5.48. The van der Waals surface area contributed by atoms with E-state index in [1.807, 2.05) is 60.8 Å². The van der Waals surface area contributed by atoms with Gasteiger partial charge in [0.1, 0.15) is 18.2 Å². The number of aliphatic hydroxyl groups is 1. The fraction of sp³-hybridized carbons (Fsp3) is 0.490. The molecule has 15 heteroatoms. The first kappa shape index (κ1) is 44.4. The third kappa shape index (κ3) is 8.66. The molecule has 14 nitrogen and oxygen atoms in total. The molecule has 2 unspecified atom stereocenters. The first-order chi connectivity index (χ1) is 31.9. The maximum atomic E-state index is 14.4. The van der Waals surface area contributed by atoms with Gasteiger partial charge in [-0.1, -0.05) is 49.4 Å². The Morgan fingerprint density at radius 1 is 0.909 bits per heavy atom. The molecule has 0 saturated heterocycles. The number of fused-ring (bicyclic) bond motifs is 2. The summed E-state index contributed by atoms with van der Waals surface area (Å²) in [5, 5.41) is 31.4. The highest BCUT2D eigenvalue weighted by Gasteiger charge is 2.66. The molecule has 0 amide bonds. The SMILES string of the molecule is COc1ccc(COC(=O)c2nc(N3CCCc4c3nnc(Nc3nc5ccccc5s3)c4C)ccc2-c2cnn(CC34CC5(C)CC(C)(C3)CC(OCCNCCCO)(C5)C4)c2C)cc1. The van der Waals surface area contributed by atoms with Gasteiger partial charge in [-0.15, -0.1) is 10.2 Å². The van der Waals surface area contributed by atoms with E-state index >= 15 is 0 Å². The second kappa shape index (κ2) is 17.6. The molecule has 5 aliphatic rings. The topological polar surface area (TPSA) is 162 Å². The zero-order chi connectivity index (χ0) is 45.7. The summed E-state index contributed by atoms with van der Waals surface area (Å²) < 4.78 is 21.6. The molecule has 2 aromatic carbocycles. The van der Waals surface area contributed by atoms with E-state index in [0.717, 1.165) is 126 Å². The van der Waals surface area contributed by atoms with Crippen LogP contribution in [0.5, 0.6) is 5.75 Å². The number of anilines is 4. The van der Waals surface area contributed by atoms with E-state index in [1.54, 1.807) is 18.4 Å². The second-order valence-electron chi connectivity index (χ2n) is 20.2. The van der Waals surface area contributed by atoms with E-state index in [9.17, 15) is 9.90 Å². The molecule has 1 aliphatic heterocycles. The van der Waals surface area contributed by atoms with Crippen molar-refractivity contribution < 1.29 is 24.1 Å². The number of carbonyl (C=O) groups is 1. The fourth-order valence-electron chi connectivity index (χ4n) is 12.9. The highest BCUT2D eigenvalue weighted by Crippen LogP contribution is 2.72. The first-order valence-electron chi connectivity index (χ1n) is 23.4. The lowest BCUT2D eigenvalue weighted by Crippen LogP contribution is -2.64. The first-order valence-corrected chi connectivity index (χ1v) is 24.3. The molecule has 3 N–H and O–H groups in total. The van der Waals surface area contributed by atoms with Gasteiger partial charge in [0.05, 0.1) is 35.7 Å². The number of rotatable bonds is 17. The Morgan fingerprint density at radius 3 is 2.48 bits per heavy atom. The molecule has 11 rings (SSSR count). The van der Waals surface area contributed by atoms with Gasteiger partial charge < -0.3 is 34.9 Å². The van der Waals surface area contributed by atoms with E-state index in [0.29, 0.717) is 30.4 Å². The summed E-state index contributed by atoms with van der Waals surface area (Å²) in [6, 6.07) is 19.6. The average Bonchev–Trinajstić information content (AvgIpc) is 3.87. The summed E-state index contributed by atoms with van der Waals surface area (Å²) in [6.07, 6.45) is 11.0. The van der Waals surface area contributed by atoms with Crippen LogP contribution in [-0.2, 0) is 29.0 Å². The van der Waals surface area contributed by atoms with Crippen molar-refractivity contribution >= 4 is 50.1 Å². The Labute approximate surface area is 390 Å².